The van der Waals surface area contributed by atoms with Crippen LogP contribution in [0.1, 0.15) is 31.2 Å². The first-order chi connectivity index (χ1) is 13.3. The summed E-state index contributed by atoms with van der Waals surface area (Å²) in [7, 11) is -0.529. The Labute approximate surface area is 168 Å². The molecular formula is C20H32N4O3S. The van der Waals surface area contributed by atoms with E-state index in [2.05, 4.69) is 15.1 Å². The van der Waals surface area contributed by atoms with Gasteiger partial charge in [0.1, 0.15) is 0 Å². The smallest absolute Gasteiger partial charge is 0.242 e. The fraction of sp³-hybridized carbons (Fsp3) is 0.650. The third kappa shape index (κ3) is 4.92. The van der Waals surface area contributed by atoms with Crippen LogP contribution < -0.4 is 5.32 Å². The largest absolute Gasteiger partial charge is 0.325 e. The monoisotopic (exact) mass is 408 g/mol. The van der Waals surface area contributed by atoms with Crippen LogP contribution in [0.4, 0.5) is 5.69 Å². The molecule has 3 rings (SSSR count). The molecule has 0 saturated carbocycles. The van der Waals surface area contributed by atoms with Crippen molar-refractivity contribution in [3.05, 3.63) is 23.8 Å². The van der Waals surface area contributed by atoms with E-state index in [1.165, 1.54) is 44.3 Å². The van der Waals surface area contributed by atoms with E-state index in [1.807, 2.05) is 0 Å². The molecule has 1 N–H and O–H groups in total. The van der Waals surface area contributed by atoms with Crippen LogP contribution in [0.5, 0.6) is 0 Å². The number of anilines is 1. The van der Waals surface area contributed by atoms with Crippen LogP contribution in [0.15, 0.2) is 23.1 Å². The molecule has 2 heterocycles. The molecule has 2 fully saturated rings. The van der Waals surface area contributed by atoms with Crippen molar-refractivity contribution in [2.75, 3.05) is 52.1 Å². The number of amides is 1. The lowest BCUT2D eigenvalue weighted by Gasteiger charge is -2.28. The molecule has 0 spiro atoms. The second-order valence-electron chi connectivity index (χ2n) is 8.09. The molecule has 1 aromatic carbocycles. The summed E-state index contributed by atoms with van der Waals surface area (Å²) in [6, 6.07) is 5.48. The third-order valence-electron chi connectivity index (χ3n) is 5.74. The van der Waals surface area contributed by atoms with Crippen LogP contribution in [-0.2, 0) is 14.8 Å². The molecule has 1 amide bonds. The molecule has 0 radical (unpaired) electrons. The van der Waals surface area contributed by atoms with Crippen molar-refractivity contribution in [2.24, 2.45) is 0 Å². The third-order valence-corrected chi connectivity index (χ3v) is 7.70. The molecule has 2 aliphatic rings. The Bertz CT molecular complexity index is 804. The highest BCUT2D eigenvalue weighted by atomic mass is 32.2. The number of carbonyl (C=O) groups is 1. The summed E-state index contributed by atoms with van der Waals surface area (Å²) in [5, 5.41) is 2.88. The minimum absolute atomic E-state index is 0.0922. The summed E-state index contributed by atoms with van der Waals surface area (Å²) in [6.07, 6.45) is 4.82. The van der Waals surface area contributed by atoms with Gasteiger partial charge in [0, 0.05) is 32.4 Å². The normalized spacial score (nSPS) is 21.5. The molecule has 8 heteroatoms. The van der Waals surface area contributed by atoms with Crippen molar-refractivity contribution >= 4 is 21.6 Å². The maximum absolute atomic E-state index is 12.6. The number of likely N-dealkylation sites (tertiary alicyclic amines) is 2. The number of nitrogens with one attached hydrogen (secondary N) is 1. The Morgan fingerprint density at radius 2 is 1.89 bits per heavy atom. The quantitative estimate of drug-likeness (QED) is 0.744. The molecule has 1 aromatic rings. The van der Waals surface area contributed by atoms with Gasteiger partial charge in [0.15, 0.2) is 0 Å². The fourth-order valence-corrected chi connectivity index (χ4v) is 5.25. The van der Waals surface area contributed by atoms with Gasteiger partial charge in [-0.2, -0.15) is 0 Å². The predicted molar refractivity (Wildman–Crippen MR) is 111 cm³/mol. The van der Waals surface area contributed by atoms with Crippen LogP contribution >= 0.6 is 0 Å². The molecule has 0 aliphatic carbocycles. The molecule has 7 nitrogen and oxygen atoms in total. The average molecular weight is 409 g/mol. The van der Waals surface area contributed by atoms with Gasteiger partial charge in [0.25, 0.3) is 0 Å². The van der Waals surface area contributed by atoms with Gasteiger partial charge >= 0.3 is 0 Å². The zero-order valence-corrected chi connectivity index (χ0v) is 18.0. The zero-order valence-electron chi connectivity index (χ0n) is 17.1. The minimum atomic E-state index is -3.54. The lowest BCUT2D eigenvalue weighted by Crippen LogP contribution is -2.42. The van der Waals surface area contributed by atoms with Gasteiger partial charge in [-0.05, 0) is 69.9 Å². The summed E-state index contributed by atoms with van der Waals surface area (Å²) >= 11 is 0. The van der Waals surface area contributed by atoms with Crippen molar-refractivity contribution in [1.82, 2.24) is 14.1 Å². The van der Waals surface area contributed by atoms with E-state index in [4.69, 9.17) is 0 Å². The van der Waals surface area contributed by atoms with E-state index in [-0.39, 0.29) is 10.8 Å². The van der Waals surface area contributed by atoms with Crippen LogP contribution in [0.2, 0.25) is 0 Å². The van der Waals surface area contributed by atoms with E-state index < -0.39 is 10.0 Å². The van der Waals surface area contributed by atoms with Crippen molar-refractivity contribution in [1.29, 1.82) is 0 Å². The maximum atomic E-state index is 12.6. The number of hydrogen-bond acceptors (Lipinski definition) is 5. The topological polar surface area (TPSA) is 73.0 Å². The van der Waals surface area contributed by atoms with Crippen molar-refractivity contribution in [3.8, 4) is 0 Å². The summed E-state index contributed by atoms with van der Waals surface area (Å²) in [5.74, 6) is -0.0922. The zero-order chi connectivity index (χ0) is 20.3. The average Bonchev–Trinajstić information content (AvgIpc) is 3.29. The summed E-state index contributed by atoms with van der Waals surface area (Å²) in [5.41, 5.74) is 1.18. The second-order valence-corrected chi connectivity index (χ2v) is 10.2. The molecule has 0 bridgehead atoms. The van der Waals surface area contributed by atoms with Gasteiger partial charge in [0.05, 0.1) is 11.4 Å². The van der Waals surface area contributed by atoms with E-state index in [0.29, 0.717) is 23.8 Å². The number of rotatable bonds is 7. The molecule has 2 aliphatic heterocycles. The summed E-state index contributed by atoms with van der Waals surface area (Å²) in [4.78, 5) is 17.6. The molecule has 1 unspecified atom stereocenters. The van der Waals surface area contributed by atoms with Gasteiger partial charge in [-0.3, -0.25) is 9.69 Å². The number of carbonyl (C=O) groups excluding carboxylic acids is 1. The Morgan fingerprint density at radius 3 is 2.57 bits per heavy atom. The van der Waals surface area contributed by atoms with Crippen molar-refractivity contribution < 1.29 is 13.2 Å². The minimum Gasteiger partial charge on any atom is -0.325 e. The number of nitrogens with zero attached hydrogens (tertiary/aromatic N) is 3. The maximum Gasteiger partial charge on any atom is 0.242 e. The van der Waals surface area contributed by atoms with Crippen LogP contribution in [0.3, 0.4) is 0 Å². The lowest BCUT2D eigenvalue weighted by molar-refractivity contribution is -0.117. The Kier molecular flexibility index (Phi) is 6.75. The molecular weight excluding hydrogens is 376 g/mol. The number of hydrogen-bond donors (Lipinski definition) is 1. The van der Waals surface area contributed by atoms with Crippen molar-refractivity contribution in [2.45, 2.75) is 43.5 Å². The van der Waals surface area contributed by atoms with E-state index in [1.54, 1.807) is 25.1 Å². The number of benzene rings is 1. The second kappa shape index (κ2) is 8.90. The molecule has 156 valence electrons. The fourth-order valence-electron chi connectivity index (χ4n) is 4.11. The Hall–Kier alpha value is -1.48. The lowest BCUT2D eigenvalue weighted by atomic mass is 10.2. The van der Waals surface area contributed by atoms with Crippen LogP contribution in [-0.4, -0.2) is 81.3 Å². The summed E-state index contributed by atoms with van der Waals surface area (Å²) < 4.78 is 26.1. The highest BCUT2D eigenvalue weighted by molar-refractivity contribution is 7.89. The molecule has 1 atom stereocenters. The van der Waals surface area contributed by atoms with Crippen LogP contribution in [0, 0.1) is 6.92 Å². The Balaban J connectivity index is 1.63. The van der Waals surface area contributed by atoms with Crippen LogP contribution in [0.25, 0.3) is 0 Å². The van der Waals surface area contributed by atoms with Gasteiger partial charge in [-0.15, -0.1) is 0 Å². The number of sulfonamides is 1. The van der Waals surface area contributed by atoms with E-state index >= 15 is 0 Å². The highest BCUT2D eigenvalue weighted by Gasteiger charge is 2.29. The van der Waals surface area contributed by atoms with Gasteiger partial charge in [-0.1, -0.05) is 6.07 Å². The standard InChI is InChI=1S/C20H32N4O3S/c1-16-8-9-17(13-19(16)28(26,27)22(2)3)21-20(25)15-24-12-6-7-18(24)14-23-10-4-5-11-23/h8-9,13,18H,4-7,10-12,14-15H2,1-3H3,(H,21,25). The van der Waals surface area contributed by atoms with Gasteiger partial charge < -0.3 is 10.2 Å². The van der Waals surface area contributed by atoms with Gasteiger partial charge in [0.2, 0.25) is 15.9 Å². The first-order valence-corrected chi connectivity index (χ1v) is 11.5. The highest BCUT2D eigenvalue weighted by Crippen LogP contribution is 2.23. The first-order valence-electron chi connectivity index (χ1n) is 10.1. The van der Waals surface area contributed by atoms with E-state index in [9.17, 15) is 13.2 Å². The Morgan fingerprint density at radius 1 is 1.18 bits per heavy atom. The predicted octanol–water partition coefficient (Wildman–Crippen LogP) is 1.74. The summed E-state index contributed by atoms with van der Waals surface area (Å²) in [6.45, 7) is 6.44. The molecule has 0 aromatic heterocycles. The van der Waals surface area contributed by atoms with Gasteiger partial charge in [-0.25, -0.2) is 12.7 Å². The number of aryl methyl sites for hydroxylation is 1. The molecule has 2 saturated heterocycles. The molecule has 28 heavy (non-hydrogen) atoms. The first kappa shape index (κ1) is 21.2. The van der Waals surface area contributed by atoms with Crippen molar-refractivity contribution in [3.63, 3.8) is 0 Å². The van der Waals surface area contributed by atoms with E-state index in [0.717, 1.165) is 25.9 Å². The SMILES string of the molecule is Cc1ccc(NC(=O)CN2CCCC2CN2CCCC2)cc1S(=O)(=O)N(C)C.